The van der Waals surface area contributed by atoms with Gasteiger partial charge in [-0.3, -0.25) is 14.4 Å². The van der Waals surface area contributed by atoms with Crippen LogP contribution in [0.3, 0.4) is 0 Å². The van der Waals surface area contributed by atoms with Gasteiger partial charge in [-0.25, -0.2) is 4.79 Å². The zero-order valence-corrected chi connectivity index (χ0v) is 23.8. The van der Waals surface area contributed by atoms with E-state index in [0.717, 1.165) is 24.8 Å². The van der Waals surface area contributed by atoms with E-state index in [2.05, 4.69) is 17.6 Å². The average Bonchev–Trinajstić information content (AvgIpc) is 2.77. The number of nitrogens with one attached hydrogen (secondary N) is 2. The number of carbonyl (C=O) groups is 4. The molecular formula is C28H46N4O5. The first-order valence-corrected chi connectivity index (χ1v) is 13.1. The smallest absolute Gasteiger partial charge is 0.408 e. The Bertz CT molecular complexity index is 939. The Hall–Kier alpha value is -3.10. The van der Waals surface area contributed by atoms with Crippen LogP contribution in [0.2, 0.25) is 0 Å². The van der Waals surface area contributed by atoms with Crippen LogP contribution < -0.4 is 16.4 Å². The molecule has 208 valence electrons. The molecule has 0 spiro atoms. The molecule has 1 aromatic carbocycles. The van der Waals surface area contributed by atoms with Gasteiger partial charge in [0.15, 0.2) is 0 Å². The van der Waals surface area contributed by atoms with Gasteiger partial charge in [0.1, 0.15) is 17.7 Å². The normalized spacial score (nSPS) is 13.3. The van der Waals surface area contributed by atoms with Crippen molar-refractivity contribution >= 4 is 23.8 Å². The fraction of sp³-hybridized carbons (Fsp3) is 0.643. The van der Waals surface area contributed by atoms with Gasteiger partial charge in [-0.15, -0.1) is 0 Å². The second kappa shape index (κ2) is 14.0. The van der Waals surface area contributed by atoms with Gasteiger partial charge in [0.25, 0.3) is 0 Å². The minimum atomic E-state index is -1.31. The van der Waals surface area contributed by atoms with Gasteiger partial charge in [-0.05, 0) is 59.9 Å². The molecule has 0 aliphatic heterocycles. The van der Waals surface area contributed by atoms with Gasteiger partial charge in [0.05, 0.1) is 6.42 Å². The summed E-state index contributed by atoms with van der Waals surface area (Å²) >= 11 is 0. The fourth-order valence-electron chi connectivity index (χ4n) is 3.91. The Morgan fingerprint density at radius 1 is 1.05 bits per heavy atom. The van der Waals surface area contributed by atoms with Crippen LogP contribution in [-0.2, 0) is 19.1 Å². The molecule has 4 N–H and O–H groups in total. The lowest BCUT2D eigenvalue weighted by Crippen LogP contribution is -2.60. The van der Waals surface area contributed by atoms with E-state index >= 15 is 0 Å². The van der Waals surface area contributed by atoms with Crippen molar-refractivity contribution in [2.45, 2.75) is 111 Å². The topological polar surface area (TPSA) is 131 Å². The number of nitrogens with two attached hydrogens (primary N) is 1. The van der Waals surface area contributed by atoms with E-state index in [1.165, 1.54) is 4.90 Å². The standard InChI is InChI=1S/C28H46N4O5/c1-9-11-12-16-30-24(34)23(20-15-13-14-19(3)17-20)32(28(7,8)10-2)25(35)21(18-22(29)33)31-26(36)37-27(4,5)6/h13-15,17,21,23H,9-12,16,18H2,1-8H3,(H2,29,33)(H,30,34)(H,31,36). The van der Waals surface area contributed by atoms with Crippen molar-refractivity contribution in [2.75, 3.05) is 6.54 Å². The number of nitrogens with zero attached hydrogens (tertiary/aromatic N) is 1. The number of benzene rings is 1. The first-order chi connectivity index (χ1) is 17.1. The van der Waals surface area contributed by atoms with Crippen molar-refractivity contribution in [3.8, 4) is 0 Å². The summed E-state index contributed by atoms with van der Waals surface area (Å²) in [5, 5.41) is 5.50. The molecule has 0 saturated heterocycles. The summed E-state index contributed by atoms with van der Waals surface area (Å²) in [6.45, 7) is 15.2. The molecule has 37 heavy (non-hydrogen) atoms. The monoisotopic (exact) mass is 518 g/mol. The molecule has 0 aromatic heterocycles. The number of rotatable bonds is 13. The van der Waals surface area contributed by atoms with E-state index in [-0.39, 0.29) is 5.91 Å². The molecule has 0 saturated carbocycles. The highest BCUT2D eigenvalue weighted by atomic mass is 16.6. The van der Waals surface area contributed by atoms with Crippen molar-refractivity contribution < 1.29 is 23.9 Å². The Kier molecular flexibility index (Phi) is 12.1. The van der Waals surface area contributed by atoms with Gasteiger partial charge in [-0.2, -0.15) is 0 Å². The molecule has 0 radical (unpaired) electrons. The predicted molar refractivity (Wildman–Crippen MR) is 145 cm³/mol. The molecule has 2 unspecified atom stereocenters. The predicted octanol–water partition coefficient (Wildman–Crippen LogP) is 4.13. The second-order valence-corrected chi connectivity index (χ2v) is 11.1. The SMILES string of the molecule is CCCCCNC(=O)C(c1cccc(C)c1)N(C(=O)C(CC(N)=O)NC(=O)OC(C)(C)C)C(C)(C)CC. The van der Waals surface area contributed by atoms with Crippen LogP contribution in [0.1, 0.15) is 97.7 Å². The Balaban J connectivity index is 3.57. The van der Waals surface area contributed by atoms with E-state index in [1.54, 1.807) is 26.8 Å². The van der Waals surface area contributed by atoms with Crippen LogP contribution in [-0.4, -0.2) is 52.4 Å². The molecular weight excluding hydrogens is 472 g/mol. The molecule has 2 atom stereocenters. The maximum Gasteiger partial charge on any atom is 0.408 e. The quantitative estimate of drug-likeness (QED) is 0.338. The van der Waals surface area contributed by atoms with Crippen LogP contribution in [0, 0.1) is 6.92 Å². The third-order valence-electron chi connectivity index (χ3n) is 6.09. The Morgan fingerprint density at radius 2 is 1.70 bits per heavy atom. The van der Waals surface area contributed by atoms with Crippen LogP contribution in [0.5, 0.6) is 0 Å². The highest BCUT2D eigenvalue weighted by Crippen LogP contribution is 2.33. The molecule has 9 nitrogen and oxygen atoms in total. The number of alkyl carbamates (subject to hydrolysis) is 1. The zero-order valence-electron chi connectivity index (χ0n) is 23.8. The molecule has 0 bridgehead atoms. The van der Waals surface area contributed by atoms with Crippen molar-refractivity contribution in [1.82, 2.24) is 15.5 Å². The van der Waals surface area contributed by atoms with E-state index in [1.807, 2.05) is 45.9 Å². The molecule has 1 rings (SSSR count). The summed E-state index contributed by atoms with van der Waals surface area (Å²) in [4.78, 5) is 53.8. The largest absolute Gasteiger partial charge is 0.444 e. The van der Waals surface area contributed by atoms with Crippen LogP contribution in [0.25, 0.3) is 0 Å². The van der Waals surface area contributed by atoms with Crippen LogP contribution in [0.15, 0.2) is 24.3 Å². The van der Waals surface area contributed by atoms with E-state index in [0.29, 0.717) is 18.5 Å². The number of aryl methyl sites for hydroxylation is 1. The van der Waals surface area contributed by atoms with E-state index < -0.39 is 47.6 Å². The molecule has 0 aliphatic carbocycles. The first kappa shape index (κ1) is 31.9. The summed E-state index contributed by atoms with van der Waals surface area (Å²) in [7, 11) is 0. The fourth-order valence-corrected chi connectivity index (χ4v) is 3.91. The number of hydrogen-bond acceptors (Lipinski definition) is 5. The number of primary amides is 1. The van der Waals surface area contributed by atoms with Gasteiger partial charge < -0.3 is 26.0 Å². The van der Waals surface area contributed by atoms with Crippen molar-refractivity contribution in [2.24, 2.45) is 5.73 Å². The number of hydrogen-bond donors (Lipinski definition) is 3. The highest BCUT2D eigenvalue weighted by Gasteiger charge is 2.43. The molecule has 0 fully saturated rings. The van der Waals surface area contributed by atoms with Gasteiger partial charge in [-0.1, -0.05) is 56.5 Å². The van der Waals surface area contributed by atoms with Crippen LogP contribution >= 0.6 is 0 Å². The molecule has 0 heterocycles. The summed E-state index contributed by atoms with van der Waals surface area (Å²) in [6, 6.07) is 5.13. The highest BCUT2D eigenvalue weighted by molar-refractivity contribution is 5.95. The third kappa shape index (κ3) is 10.4. The Morgan fingerprint density at radius 3 is 2.22 bits per heavy atom. The summed E-state index contributed by atoms with van der Waals surface area (Å²) < 4.78 is 5.32. The lowest BCUT2D eigenvalue weighted by molar-refractivity contribution is -0.150. The van der Waals surface area contributed by atoms with Gasteiger partial charge in [0.2, 0.25) is 17.7 Å². The van der Waals surface area contributed by atoms with Crippen molar-refractivity contribution in [3.63, 3.8) is 0 Å². The minimum absolute atomic E-state index is 0.327. The Labute approximate surface area is 221 Å². The number of ether oxygens (including phenoxy) is 1. The minimum Gasteiger partial charge on any atom is -0.444 e. The van der Waals surface area contributed by atoms with Crippen molar-refractivity contribution in [3.05, 3.63) is 35.4 Å². The second-order valence-electron chi connectivity index (χ2n) is 11.1. The number of amides is 4. The summed E-state index contributed by atoms with van der Waals surface area (Å²) in [5.74, 6) is -1.68. The third-order valence-corrected chi connectivity index (χ3v) is 6.09. The van der Waals surface area contributed by atoms with E-state index in [4.69, 9.17) is 10.5 Å². The lowest BCUT2D eigenvalue weighted by Gasteiger charge is -2.44. The van der Waals surface area contributed by atoms with Crippen LogP contribution in [0.4, 0.5) is 4.79 Å². The van der Waals surface area contributed by atoms with Gasteiger partial charge >= 0.3 is 6.09 Å². The number of carbonyl (C=O) groups excluding carboxylic acids is 4. The lowest BCUT2D eigenvalue weighted by atomic mass is 9.91. The summed E-state index contributed by atoms with van der Waals surface area (Å²) in [5.41, 5.74) is 5.41. The average molecular weight is 519 g/mol. The maximum absolute atomic E-state index is 14.1. The molecule has 4 amide bonds. The van der Waals surface area contributed by atoms with Crippen molar-refractivity contribution in [1.29, 1.82) is 0 Å². The molecule has 1 aromatic rings. The summed E-state index contributed by atoms with van der Waals surface area (Å²) in [6.07, 6.45) is 2.03. The first-order valence-electron chi connectivity index (χ1n) is 13.1. The molecule has 0 aliphatic rings. The zero-order chi connectivity index (χ0) is 28.4. The molecule has 9 heteroatoms. The maximum atomic E-state index is 14.1. The van der Waals surface area contributed by atoms with Gasteiger partial charge in [0, 0.05) is 12.1 Å². The number of unbranched alkanes of at least 4 members (excludes halogenated alkanes) is 2. The van der Waals surface area contributed by atoms with E-state index in [9.17, 15) is 19.2 Å².